The van der Waals surface area contributed by atoms with E-state index in [1.54, 1.807) is 0 Å². The average Bonchev–Trinajstić information content (AvgIpc) is 2.52. The molecular weight excluding hydrogens is 312 g/mol. The molecule has 4 nitrogen and oxygen atoms in total. The highest BCUT2D eigenvalue weighted by molar-refractivity contribution is 5.76. The van der Waals surface area contributed by atoms with Gasteiger partial charge >= 0.3 is 0 Å². The van der Waals surface area contributed by atoms with Crippen LogP contribution in [0.4, 0.5) is 0 Å². The van der Waals surface area contributed by atoms with E-state index in [1.165, 1.54) is 5.56 Å². The standard InChI is InChI=1S/C21H34N2O2/c1-20(2,3)16-14-18(24)17(21(4,5)6)13-15(16)7-8-19(25)23-11-9-22-10-12-23/h13-14,22,24H,7-12H2,1-6H3/p+1. The van der Waals surface area contributed by atoms with Crippen LogP contribution in [0.15, 0.2) is 12.1 Å². The van der Waals surface area contributed by atoms with Crippen molar-refractivity contribution in [1.29, 1.82) is 0 Å². The van der Waals surface area contributed by atoms with Crippen molar-refractivity contribution in [3.63, 3.8) is 0 Å². The highest BCUT2D eigenvalue weighted by Gasteiger charge is 2.26. The van der Waals surface area contributed by atoms with E-state index < -0.39 is 0 Å². The minimum Gasteiger partial charge on any atom is -0.508 e. The van der Waals surface area contributed by atoms with Gasteiger partial charge in [0.05, 0.1) is 26.2 Å². The molecule has 0 bridgehead atoms. The smallest absolute Gasteiger partial charge is 0.223 e. The number of amides is 1. The van der Waals surface area contributed by atoms with Gasteiger partial charge in [0.1, 0.15) is 5.75 Å². The molecule has 4 heteroatoms. The second-order valence-electron chi connectivity index (χ2n) is 9.27. The molecule has 1 aliphatic heterocycles. The molecule has 1 aromatic carbocycles. The number of piperazine rings is 1. The van der Waals surface area contributed by atoms with E-state index >= 15 is 0 Å². The molecule has 0 aliphatic carbocycles. The lowest BCUT2D eigenvalue weighted by atomic mass is 9.78. The third-order valence-electron chi connectivity index (χ3n) is 5.00. The van der Waals surface area contributed by atoms with Gasteiger partial charge in [-0.15, -0.1) is 0 Å². The van der Waals surface area contributed by atoms with Gasteiger partial charge in [0.2, 0.25) is 5.91 Å². The van der Waals surface area contributed by atoms with Crippen LogP contribution in [0.5, 0.6) is 5.75 Å². The van der Waals surface area contributed by atoms with Gasteiger partial charge in [0.25, 0.3) is 0 Å². The number of benzene rings is 1. The van der Waals surface area contributed by atoms with E-state index in [-0.39, 0.29) is 16.7 Å². The van der Waals surface area contributed by atoms with Crippen LogP contribution < -0.4 is 5.32 Å². The number of carbonyl (C=O) groups excluding carboxylic acids is 1. The van der Waals surface area contributed by atoms with Gasteiger partial charge in [-0.25, -0.2) is 0 Å². The maximum absolute atomic E-state index is 12.5. The van der Waals surface area contributed by atoms with Crippen LogP contribution in [0, 0.1) is 0 Å². The molecule has 1 amide bonds. The lowest BCUT2D eigenvalue weighted by Gasteiger charge is -2.29. The molecular formula is C21H35N2O2+. The van der Waals surface area contributed by atoms with E-state index in [0.29, 0.717) is 12.2 Å². The fourth-order valence-corrected chi connectivity index (χ4v) is 3.54. The Labute approximate surface area is 152 Å². The molecule has 0 unspecified atom stereocenters. The van der Waals surface area contributed by atoms with Gasteiger partial charge in [-0.05, 0) is 40.0 Å². The number of nitrogens with zero attached hydrogens (tertiary/aromatic N) is 1. The van der Waals surface area contributed by atoms with Crippen LogP contribution in [-0.2, 0) is 22.0 Å². The molecule has 140 valence electrons. The zero-order chi connectivity index (χ0) is 18.8. The predicted molar refractivity (Wildman–Crippen MR) is 102 cm³/mol. The first-order valence-corrected chi connectivity index (χ1v) is 9.46. The number of hydrogen-bond donors (Lipinski definition) is 2. The van der Waals surface area contributed by atoms with Gasteiger partial charge in [0, 0.05) is 6.42 Å². The molecule has 1 aliphatic rings. The summed E-state index contributed by atoms with van der Waals surface area (Å²) in [4.78, 5) is 14.5. The van der Waals surface area contributed by atoms with Crippen molar-refractivity contribution in [2.75, 3.05) is 26.2 Å². The summed E-state index contributed by atoms with van der Waals surface area (Å²) < 4.78 is 0. The third kappa shape index (κ3) is 4.97. The largest absolute Gasteiger partial charge is 0.508 e. The van der Waals surface area contributed by atoms with Crippen molar-refractivity contribution in [2.24, 2.45) is 0 Å². The van der Waals surface area contributed by atoms with Crippen molar-refractivity contribution in [3.8, 4) is 5.75 Å². The third-order valence-corrected chi connectivity index (χ3v) is 5.00. The van der Waals surface area contributed by atoms with E-state index in [9.17, 15) is 9.90 Å². The van der Waals surface area contributed by atoms with Gasteiger partial charge in [-0.1, -0.05) is 47.6 Å². The fraction of sp³-hybridized carbons (Fsp3) is 0.667. The van der Waals surface area contributed by atoms with Crippen LogP contribution in [-0.4, -0.2) is 42.1 Å². The highest BCUT2D eigenvalue weighted by Crippen LogP contribution is 2.37. The number of quaternary nitrogens is 1. The molecule has 1 fully saturated rings. The zero-order valence-corrected chi connectivity index (χ0v) is 16.8. The Morgan fingerprint density at radius 1 is 1.04 bits per heavy atom. The van der Waals surface area contributed by atoms with E-state index in [4.69, 9.17) is 0 Å². The number of hydrogen-bond acceptors (Lipinski definition) is 2. The molecule has 0 saturated carbocycles. The second kappa shape index (κ2) is 7.36. The second-order valence-corrected chi connectivity index (χ2v) is 9.27. The normalized spacial score (nSPS) is 16.2. The SMILES string of the molecule is CC(C)(C)c1cc(CCC(=O)N2CC[NH2+]CC2)c(C(C)(C)C)cc1O. The maximum Gasteiger partial charge on any atom is 0.223 e. The number of aromatic hydroxyl groups is 1. The Kier molecular flexibility index (Phi) is 5.82. The Balaban J connectivity index is 2.26. The Bertz CT molecular complexity index is 618. The number of aryl methyl sites for hydroxylation is 1. The van der Waals surface area contributed by atoms with Gasteiger partial charge in [-0.3, -0.25) is 4.79 Å². The van der Waals surface area contributed by atoms with Crippen molar-refractivity contribution in [3.05, 3.63) is 28.8 Å². The molecule has 0 atom stereocenters. The number of rotatable bonds is 3. The molecule has 25 heavy (non-hydrogen) atoms. The van der Waals surface area contributed by atoms with Crippen molar-refractivity contribution >= 4 is 5.91 Å². The molecule has 1 saturated heterocycles. The first-order chi connectivity index (χ1) is 11.5. The Hall–Kier alpha value is -1.55. The van der Waals surface area contributed by atoms with E-state index in [2.05, 4.69) is 52.9 Å². The molecule has 1 heterocycles. The van der Waals surface area contributed by atoms with Crippen molar-refractivity contribution < 1.29 is 15.2 Å². The van der Waals surface area contributed by atoms with Gasteiger partial charge in [-0.2, -0.15) is 0 Å². The van der Waals surface area contributed by atoms with Gasteiger partial charge in [0.15, 0.2) is 0 Å². The lowest BCUT2D eigenvalue weighted by molar-refractivity contribution is -0.662. The predicted octanol–water partition coefficient (Wildman–Crippen LogP) is 2.33. The highest BCUT2D eigenvalue weighted by atomic mass is 16.3. The monoisotopic (exact) mass is 347 g/mol. The Morgan fingerprint density at radius 3 is 2.12 bits per heavy atom. The summed E-state index contributed by atoms with van der Waals surface area (Å²) in [5.41, 5.74) is 3.09. The molecule has 0 aromatic heterocycles. The van der Waals surface area contributed by atoms with Gasteiger partial charge < -0.3 is 15.3 Å². The number of nitrogens with two attached hydrogens (primary N) is 1. The summed E-state index contributed by atoms with van der Waals surface area (Å²) in [6, 6.07) is 4.03. The van der Waals surface area contributed by atoms with E-state index in [0.717, 1.165) is 43.7 Å². The number of carbonyl (C=O) groups is 1. The summed E-state index contributed by atoms with van der Waals surface area (Å²) in [6.45, 7) is 16.5. The van der Waals surface area contributed by atoms with Crippen molar-refractivity contribution in [1.82, 2.24) is 4.90 Å². The van der Waals surface area contributed by atoms with E-state index in [1.807, 2.05) is 11.0 Å². The van der Waals surface area contributed by atoms with Crippen molar-refractivity contribution in [2.45, 2.75) is 65.2 Å². The zero-order valence-electron chi connectivity index (χ0n) is 16.8. The van der Waals surface area contributed by atoms with Crippen LogP contribution >= 0.6 is 0 Å². The summed E-state index contributed by atoms with van der Waals surface area (Å²) in [5, 5.41) is 12.8. The average molecular weight is 348 g/mol. The van der Waals surface area contributed by atoms with Crippen LogP contribution in [0.25, 0.3) is 0 Å². The molecule has 1 aromatic rings. The number of phenolic OH excluding ortho intramolecular Hbond substituents is 1. The molecule has 3 N–H and O–H groups in total. The summed E-state index contributed by atoms with van der Waals surface area (Å²) in [5.74, 6) is 0.609. The quantitative estimate of drug-likeness (QED) is 0.882. The summed E-state index contributed by atoms with van der Waals surface area (Å²) in [6.07, 6.45) is 1.27. The molecule has 0 spiro atoms. The topological polar surface area (TPSA) is 57.2 Å². The summed E-state index contributed by atoms with van der Waals surface area (Å²) >= 11 is 0. The summed E-state index contributed by atoms with van der Waals surface area (Å²) in [7, 11) is 0. The maximum atomic E-state index is 12.5. The minimum absolute atomic E-state index is 0.0631. The first kappa shape index (κ1) is 19.8. The lowest BCUT2D eigenvalue weighted by Crippen LogP contribution is -2.89. The Morgan fingerprint density at radius 2 is 1.60 bits per heavy atom. The number of phenols is 1. The van der Waals surface area contributed by atoms with Crippen LogP contribution in [0.3, 0.4) is 0 Å². The van der Waals surface area contributed by atoms with Crippen LogP contribution in [0.1, 0.15) is 64.7 Å². The van der Waals surface area contributed by atoms with Crippen LogP contribution in [0.2, 0.25) is 0 Å². The minimum atomic E-state index is -0.123. The molecule has 2 rings (SSSR count). The first-order valence-electron chi connectivity index (χ1n) is 9.46. The fourth-order valence-electron chi connectivity index (χ4n) is 3.54. The molecule has 0 radical (unpaired) electrons.